The molecule has 30 heavy (non-hydrogen) atoms. The highest BCUT2D eigenvalue weighted by molar-refractivity contribution is 7.88. The number of benzene rings is 1. The van der Waals surface area contributed by atoms with Crippen molar-refractivity contribution in [1.82, 2.24) is 14.1 Å². The third-order valence-electron chi connectivity index (χ3n) is 5.35. The highest BCUT2D eigenvalue weighted by Gasteiger charge is 2.39. The molecule has 0 spiro atoms. The van der Waals surface area contributed by atoms with Crippen molar-refractivity contribution < 1.29 is 13.2 Å². The second kappa shape index (κ2) is 8.13. The van der Waals surface area contributed by atoms with Gasteiger partial charge in [-0.2, -0.15) is 14.1 Å². The maximum absolute atomic E-state index is 13.1. The number of carbonyl (C=O) groups excluding carboxylic acids is 1. The van der Waals surface area contributed by atoms with Crippen LogP contribution in [0.3, 0.4) is 0 Å². The molecule has 3 rings (SSSR count). The van der Waals surface area contributed by atoms with Gasteiger partial charge in [-0.25, -0.2) is 8.42 Å². The molecular weight excluding hydrogens is 402 g/mol. The quantitative estimate of drug-likeness (QED) is 0.750. The molecule has 1 unspecified atom stereocenters. The minimum absolute atomic E-state index is 0.140. The fourth-order valence-electron chi connectivity index (χ4n) is 3.48. The van der Waals surface area contributed by atoms with Crippen molar-refractivity contribution in [3.63, 3.8) is 0 Å². The molecule has 0 radical (unpaired) electrons. The average Bonchev–Trinajstić information content (AvgIpc) is 3.03. The summed E-state index contributed by atoms with van der Waals surface area (Å²) in [6.45, 7) is 7.08. The Balaban J connectivity index is 1.94. The van der Waals surface area contributed by atoms with Crippen molar-refractivity contribution in [2.75, 3.05) is 24.7 Å². The number of aromatic nitrogens is 2. The smallest absolute Gasteiger partial charge is 0.254 e. The zero-order chi connectivity index (χ0) is 22.3. The third kappa shape index (κ3) is 4.58. The van der Waals surface area contributed by atoms with Crippen LogP contribution in [0.5, 0.6) is 0 Å². The van der Waals surface area contributed by atoms with E-state index in [0.717, 1.165) is 11.1 Å². The highest BCUT2D eigenvalue weighted by Crippen LogP contribution is 2.36. The van der Waals surface area contributed by atoms with Gasteiger partial charge in [0.15, 0.2) is 0 Å². The van der Waals surface area contributed by atoms with Crippen LogP contribution in [0.25, 0.3) is 0 Å². The normalized spacial score (nSPS) is 17.6. The van der Waals surface area contributed by atoms with Gasteiger partial charge in [0.1, 0.15) is 5.82 Å². The molecule has 2 N–H and O–H groups in total. The van der Waals surface area contributed by atoms with Gasteiger partial charge in [0.05, 0.1) is 18.0 Å². The summed E-state index contributed by atoms with van der Waals surface area (Å²) in [5.74, 6) is 0.507. The number of rotatable bonds is 6. The summed E-state index contributed by atoms with van der Waals surface area (Å²) >= 11 is 0. The van der Waals surface area contributed by atoms with E-state index < -0.39 is 15.4 Å². The van der Waals surface area contributed by atoms with E-state index >= 15 is 0 Å². The minimum atomic E-state index is -3.32. The molecule has 9 heteroatoms. The fraction of sp³-hybridized carbons (Fsp3) is 0.524. The number of nitrogens with zero attached hydrogens (tertiary/aromatic N) is 4. The molecule has 0 bridgehead atoms. The summed E-state index contributed by atoms with van der Waals surface area (Å²) in [5, 5.41) is 4.56. The van der Waals surface area contributed by atoms with Crippen LogP contribution in [0.1, 0.15) is 54.8 Å². The van der Waals surface area contributed by atoms with Crippen molar-refractivity contribution in [2.24, 2.45) is 11.1 Å². The lowest BCUT2D eigenvalue weighted by Crippen LogP contribution is -2.44. The Labute approximate surface area is 178 Å². The lowest BCUT2D eigenvalue weighted by Gasteiger charge is -2.37. The Kier molecular flexibility index (Phi) is 6.08. The Morgan fingerprint density at radius 1 is 1.23 bits per heavy atom. The second-order valence-corrected chi connectivity index (χ2v) is 10.9. The molecule has 0 aliphatic carbocycles. The summed E-state index contributed by atoms with van der Waals surface area (Å²) < 4.78 is 26.9. The number of sulfonamides is 1. The number of nitrogens with two attached hydrogens (primary N) is 1. The first-order valence-corrected chi connectivity index (χ1v) is 11.9. The topological polar surface area (TPSA) is 102 Å². The van der Waals surface area contributed by atoms with E-state index in [-0.39, 0.29) is 11.9 Å². The van der Waals surface area contributed by atoms with Crippen molar-refractivity contribution in [3.05, 3.63) is 47.2 Å². The Morgan fingerprint density at radius 3 is 2.30 bits per heavy atom. The van der Waals surface area contributed by atoms with Crippen molar-refractivity contribution >= 4 is 21.7 Å². The van der Waals surface area contributed by atoms with Crippen LogP contribution in [0.2, 0.25) is 0 Å². The first kappa shape index (κ1) is 22.5. The fourth-order valence-corrected chi connectivity index (χ4v) is 4.60. The molecule has 1 aromatic heterocycles. The van der Waals surface area contributed by atoms with Crippen LogP contribution in [-0.2, 0) is 23.1 Å². The maximum atomic E-state index is 13.1. The van der Waals surface area contributed by atoms with Gasteiger partial charge in [0, 0.05) is 38.2 Å². The molecule has 0 amide bonds. The molecule has 1 aromatic carbocycles. The van der Waals surface area contributed by atoms with Crippen LogP contribution in [-0.4, -0.2) is 48.3 Å². The standard InChI is InChI=1S/C21H31N5O3S/c1-21(2,3)20(27)26-19(24(4)14-16-8-6-15(13-22)7-9-16)12-17(23-26)18-10-11-25(18)30(5,28)29/h6-9,12,18H,10-11,13-14,22H2,1-5H3. The molecule has 164 valence electrons. The lowest BCUT2D eigenvalue weighted by molar-refractivity contribution is 0.0748. The SMILES string of the molecule is CN(Cc1ccc(CN)cc1)c1cc(C2CCN2S(C)(=O)=O)nn1C(=O)C(C)(C)C. The predicted molar refractivity (Wildman–Crippen MR) is 118 cm³/mol. The molecule has 1 aliphatic heterocycles. The number of hydrogen-bond donors (Lipinski definition) is 1. The molecular formula is C21H31N5O3S. The van der Waals surface area contributed by atoms with Crippen LogP contribution in [0, 0.1) is 5.41 Å². The predicted octanol–water partition coefficient (Wildman–Crippen LogP) is 2.37. The Morgan fingerprint density at radius 2 is 1.83 bits per heavy atom. The highest BCUT2D eigenvalue weighted by atomic mass is 32.2. The summed E-state index contributed by atoms with van der Waals surface area (Å²) in [6.07, 6.45) is 1.89. The van der Waals surface area contributed by atoms with Gasteiger partial charge in [-0.05, 0) is 17.5 Å². The van der Waals surface area contributed by atoms with Gasteiger partial charge >= 0.3 is 0 Å². The van der Waals surface area contributed by atoms with E-state index in [1.165, 1.54) is 15.2 Å². The van der Waals surface area contributed by atoms with Gasteiger partial charge in [-0.1, -0.05) is 45.0 Å². The van der Waals surface area contributed by atoms with Gasteiger partial charge in [0.2, 0.25) is 10.0 Å². The largest absolute Gasteiger partial charge is 0.355 e. The average molecular weight is 434 g/mol. The number of anilines is 1. The molecule has 1 fully saturated rings. The molecule has 1 atom stereocenters. The first-order valence-electron chi connectivity index (χ1n) is 10.0. The summed E-state index contributed by atoms with van der Waals surface area (Å²) in [4.78, 5) is 15.0. The molecule has 1 saturated heterocycles. The maximum Gasteiger partial charge on any atom is 0.254 e. The Bertz CT molecular complexity index is 1020. The van der Waals surface area contributed by atoms with Crippen molar-refractivity contribution in [2.45, 2.75) is 46.3 Å². The van der Waals surface area contributed by atoms with E-state index in [2.05, 4.69) is 5.10 Å². The molecule has 1 aliphatic rings. The van der Waals surface area contributed by atoms with E-state index in [9.17, 15) is 13.2 Å². The molecule has 0 saturated carbocycles. The lowest BCUT2D eigenvalue weighted by atomic mass is 9.96. The number of carbonyl (C=O) groups is 1. The monoisotopic (exact) mass is 433 g/mol. The van der Waals surface area contributed by atoms with E-state index in [1.54, 1.807) is 0 Å². The summed E-state index contributed by atoms with van der Waals surface area (Å²) in [6, 6.07) is 9.52. The van der Waals surface area contributed by atoms with Gasteiger partial charge in [0.25, 0.3) is 5.91 Å². The van der Waals surface area contributed by atoms with E-state index in [1.807, 2.05) is 63.1 Å². The first-order chi connectivity index (χ1) is 13.9. The van der Waals surface area contributed by atoms with Gasteiger partial charge < -0.3 is 10.6 Å². The molecule has 2 heterocycles. The summed E-state index contributed by atoms with van der Waals surface area (Å²) in [7, 11) is -1.41. The number of hydrogen-bond acceptors (Lipinski definition) is 6. The van der Waals surface area contributed by atoms with Crippen LogP contribution >= 0.6 is 0 Å². The van der Waals surface area contributed by atoms with E-state index in [4.69, 9.17) is 5.73 Å². The van der Waals surface area contributed by atoms with Crippen molar-refractivity contribution in [3.8, 4) is 0 Å². The second-order valence-electron chi connectivity index (χ2n) is 8.95. The molecule has 2 aromatic rings. The van der Waals surface area contributed by atoms with Crippen molar-refractivity contribution in [1.29, 1.82) is 0 Å². The zero-order valence-corrected chi connectivity index (χ0v) is 19.1. The Hall–Kier alpha value is -2.23. The molecule has 8 nitrogen and oxygen atoms in total. The zero-order valence-electron chi connectivity index (χ0n) is 18.3. The van der Waals surface area contributed by atoms with Crippen LogP contribution in [0.15, 0.2) is 30.3 Å². The van der Waals surface area contributed by atoms with E-state index in [0.29, 0.717) is 37.6 Å². The summed E-state index contributed by atoms with van der Waals surface area (Å²) in [5.41, 5.74) is 7.78. The van der Waals surface area contributed by atoms with Gasteiger partial charge in [-0.3, -0.25) is 4.79 Å². The minimum Gasteiger partial charge on any atom is -0.355 e. The third-order valence-corrected chi connectivity index (χ3v) is 6.64. The van der Waals surface area contributed by atoms with Crippen LogP contribution < -0.4 is 10.6 Å². The van der Waals surface area contributed by atoms with Crippen LogP contribution in [0.4, 0.5) is 5.82 Å². The van der Waals surface area contributed by atoms with Gasteiger partial charge in [-0.15, -0.1) is 0 Å².